The summed E-state index contributed by atoms with van der Waals surface area (Å²) >= 11 is 4.25. The highest BCUT2D eigenvalue weighted by molar-refractivity contribution is 7.80. The van der Waals surface area contributed by atoms with Crippen molar-refractivity contribution in [3.8, 4) is 0 Å². The number of carbonyl (C=O) groups is 6. The summed E-state index contributed by atoms with van der Waals surface area (Å²) in [6.45, 7) is 8.15. The van der Waals surface area contributed by atoms with E-state index in [0.29, 0.717) is 50.8 Å². The molecule has 52 heavy (non-hydrogen) atoms. The number of benzene rings is 1. The standard InChI is InChI=1S/C36H56N8O7S/c1-20(2)16-26(41-34(48)30(38)21(3)4)35(49)44-15-9-13-29(44)33(47)40-25(12-7-8-14-37)31(45)43-28(19-52)32(46)42-27(36(50)51)17-22-18-39-24-11-6-5-10-23(22)24/h5-6,10-11,18,20-21,25-30,39,52H,7-9,12-17,19,37-38H2,1-4H3,(H,40,47)(H,41,48)(H,42,46)(H,43,45)(H,50,51)/t25-,26-,27-,28-,29-,30-/m0/s1. The predicted molar refractivity (Wildman–Crippen MR) is 201 cm³/mol. The maximum atomic E-state index is 13.8. The minimum Gasteiger partial charge on any atom is -0.480 e. The van der Waals surface area contributed by atoms with Crippen LogP contribution in [0.15, 0.2) is 30.5 Å². The Morgan fingerprint density at radius 2 is 1.58 bits per heavy atom. The Hall–Kier alpha value is -4.15. The van der Waals surface area contributed by atoms with Gasteiger partial charge in [0.2, 0.25) is 29.5 Å². The normalized spacial score (nSPS) is 17.3. The zero-order chi connectivity index (χ0) is 38.5. The fraction of sp³-hybridized carbons (Fsp3) is 0.611. The molecule has 288 valence electrons. The maximum absolute atomic E-state index is 13.8. The van der Waals surface area contributed by atoms with Crippen LogP contribution in [0.5, 0.6) is 0 Å². The summed E-state index contributed by atoms with van der Waals surface area (Å²) in [4.78, 5) is 84.0. The number of fused-ring (bicyclic) bond motifs is 1. The quantitative estimate of drug-likeness (QED) is 0.0688. The average molecular weight is 745 g/mol. The Kier molecular flexibility index (Phi) is 16.4. The summed E-state index contributed by atoms with van der Waals surface area (Å²) in [7, 11) is 0. The molecule has 10 N–H and O–H groups in total. The number of aromatic nitrogens is 1. The monoisotopic (exact) mass is 744 g/mol. The molecule has 0 aliphatic carbocycles. The number of aliphatic carboxylic acids is 1. The van der Waals surface area contributed by atoms with E-state index in [9.17, 15) is 33.9 Å². The molecular formula is C36H56N8O7S. The fourth-order valence-electron chi connectivity index (χ4n) is 6.26. The number of hydrogen-bond donors (Lipinski definition) is 9. The predicted octanol–water partition coefficient (Wildman–Crippen LogP) is 0.813. The number of nitrogens with two attached hydrogens (primary N) is 2. The Labute approximate surface area is 310 Å². The number of thiol groups is 1. The molecule has 2 heterocycles. The van der Waals surface area contributed by atoms with Crippen molar-refractivity contribution < 1.29 is 33.9 Å². The number of carboxylic acids is 1. The third-order valence-electron chi connectivity index (χ3n) is 9.29. The number of carbonyl (C=O) groups excluding carboxylic acids is 5. The average Bonchev–Trinajstić information content (AvgIpc) is 3.76. The number of rotatable bonds is 20. The second-order valence-corrected chi connectivity index (χ2v) is 14.6. The molecule has 2 aromatic rings. The summed E-state index contributed by atoms with van der Waals surface area (Å²) < 4.78 is 0. The van der Waals surface area contributed by atoms with Crippen LogP contribution in [0.4, 0.5) is 0 Å². The molecule has 5 amide bonds. The molecule has 0 unspecified atom stereocenters. The zero-order valence-electron chi connectivity index (χ0n) is 30.5. The van der Waals surface area contributed by atoms with E-state index in [1.165, 1.54) is 4.90 Å². The van der Waals surface area contributed by atoms with Gasteiger partial charge < -0.3 is 47.7 Å². The summed E-state index contributed by atoms with van der Waals surface area (Å²) in [5.41, 5.74) is 13.3. The van der Waals surface area contributed by atoms with Gasteiger partial charge in [-0.15, -0.1) is 0 Å². The van der Waals surface area contributed by atoms with Gasteiger partial charge in [-0.1, -0.05) is 45.9 Å². The second kappa shape index (κ2) is 20.2. The van der Waals surface area contributed by atoms with E-state index < -0.39 is 71.8 Å². The van der Waals surface area contributed by atoms with Crippen molar-refractivity contribution in [3.63, 3.8) is 0 Å². The lowest BCUT2D eigenvalue weighted by atomic mass is 9.99. The van der Waals surface area contributed by atoms with Crippen LogP contribution in [0.25, 0.3) is 10.9 Å². The zero-order valence-corrected chi connectivity index (χ0v) is 31.4. The highest BCUT2D eigenvalue weighted by Gasteiger charge is 2.40. The Morgan fingerprint density at radius 3 is 2.21 bits per heavy atom. The van der Waals surface area contributed by atoms with E-state index in [4.69, 9.17) is 11.5 Å². The highest BCUT2D eigenvalue weighted by Crippen LogP contribution is 2.22. The minimum absolute atomic E-state index is 0.00105. The SMILES string of the molecule is CC(C)C[C@H](NC(=O)[C@@H](N)C(C)C)C(=O)N1CCC[C@H]1C(=O)N[C@@H](CCCCN)C(=O)N[C@@H](CS)C(=O)N[C@@H](Cc1c[nH]c2ccccc12)C(=O)O. The number of aromatic amines is 1. The number of nitrogens with zero attached hydrogens (tertiary/aromatic N) is 1. The molecule has 1 fully saturated rings. The lowest BCUT2D eigenvalue weighted by molar-refractivity contribution is -0.143. The number of unbranched alkanes of at least 4 members (excludes halogenated alkanes) is 1. The van der Waals surface area contributed by atoms with E-state index >= 15 is 0 Å². The molecule has 0 bridgehead atoms. The lowest BCUT2D eigenvalue weighted by Gasteiger charge is -2.31. The van der Waals surface area contributed by atoms with Gasteiger partial charge in [0.25, 0.3) is 0 Å². The summed E-state index contributed by atoms with van der Waals surface area (Å²) in [6, 6.07) is 1.25. The number of carboxylic acid groups (broad SMARTS) is 1. The topological polar surface area (TPSA) is 242 Å². The van der Waals surface area contributed by atoms with Crippen LogP contribution in [0.3, 0.4) is 0 Å². The van der Waals surface area contributed by atoms with E-state index in [1.54, 1.807) is 6.20 Å². The molecule has 15 nitrogen and oxygen atoms in total. The summed E-state index contributed by atoms with van der Waals surface area (Å²) in [5, 5.41) is 21.5. The number of para-hydroxylation sites is 1. The number of amides is 5. The van der Waals surface area contributed by atoms with Gasteiger partial charge in [-0.3, -0.25) is 24.0 Å². The van der Waals surface area contributed by atoms with Crippen molar-refractivity contribution in [2.45, 2.75) is 109 Å². The van der Waals surface area contributed by atoms with Gasteiger partial charge in [0, 0.05) is 35.8 Å². The van der Waals surface area contributed by atoms with E-state index in [-0.39, 0.29) is 30.4 Å². The van der Waals surface area contributed by atoms with E-state index in [2.05, 4.69) is 38.9 Å². The van der Waals surface area contributed by atoms with Crippen LogP contribution in [0.2, 0.25) is 0 Å². The number of likely N-dealkylation sites (tertiary alicyclic amines) is 1. The molecule has 1 saturated heterocycles. The largest absolute Gasteiger partial charge is 0.480 e. The fourth-order valence-corrected chi connectivity index (χ4v) is 6.51. The second-order valence-electron chi connectivity index (χ2n) is 14.2. The first-order valence-electron chi connectivity index (χ1n) is 18.0. The first-order valence-corrected chi connectivity index (χ1v) is 18.7. The van der Waals surface area contributed by atoms with Gasteiger partial charge >= 0.3 is 5.97 Å². The summed E-state index contributed by atoms with van der Waals surface area (Å²) in [6.07, 6.45) is 4.22. The smallest absolute Gasteiger partial charge is 0.326 e. The van der Waals surface area contributed by atoms with Gasteiger partial charge in [-0.25, -0.2) is 4.79 Å². The molecule has 16 heteroatoms. The molecular weight excluding hydrogens is 689 g/mol. The Morgan fingerprint density at radius 1 is 0.923 bits per heavy atom. The van der Waals surface area contributed by atoms with Gasteiger partial charge in [0.1, 0.15) is 30.2 Å². The van der Waals surface area contributed by atoms with Crippen LogP contribution in [0.1, 0.15) is 71.8 Å². The number of hydrogen-bond acceptors (Lipinski definition) is 9. The van der Waals surface area contributed by atoms with Crippen molar-refractivity contribution in [3.05, 3.63) is 36.0 Å². The van der Waals surface area contributed by atoms with Crippen LogP contribution in [-0.2, 0) is 35.2 Å². The maximum Gasteiger partial charge on any atom is 0.326 e. The Balaban J connectivity index is 1.72. The van der Waals surface area contributed by atoms with Crippen molar-refractivity contribution in [1.82, 2.24) is 31.2 Å². The molecule has 1 aromatic heterocycles. The molecule has 3 rings (SSSR count). The minimum atomic E-state index is -1.29. The van der Waals surface area contributed by atoms with Crippen molar-refractivity contribution in [2.24, 2.45) is 23.3 Å². The highest BCUT2D eigenvalue weighted by atomic mass is 32.1. The van der Waals surface area contributed by atoms with Crippen molar-refractivity contribution in [2.75, 3.05) is 18.8 Å². The van der Waals surface area contributed by atoms with Gasteiger partial charge in [0.15, 0.2) is 0 Å². The Bertz CT molecular complexity index is 1550. The van der Waals surface area contributed by atoms with E-state index in [0.717, 1.165) is 10.9 Å². The van der Waals surface area contributed by atoms with Gasteiger partial charge in [-0.05, 0) is 68.5 Å². The van der Waals surface area contributed by atoms with Crippen molar-refractivity contribution in [1.29, 1.82) is 0 Å². The third kappa shape index (κ3) is 11.7. The summed E-state index contributed by atoms with van der Waals surface area (Å²) in [5.74, 6) is -4.25. The molecule has 1 aliphatic heterocycles. The van der Waals surface area contributed by atoms with E-state index in [1.807, 2.05) is 52.0 Å². The first-order chi connectivity index (χ1) is 24.7. The number of H-pyrrole nitrogens is 1. The molecule has 0 saturated carbocycles. The van der Waals surface area contributed by atoms with Crippen LogP contribution < -0.4 is 32.7 Å². The molecule has 1 aliphatic rings. The lowest BCUT2D eigenvalue weighted by Crippen LogP contribution is -2.59. The van der Waals surface area contributed by atoms with Gasteiger partial charge in [-0.2, -0.15) is 12.6 Å². The van der Waals surface area contributed by atoms with Crippen molar-refractivity contribution >= 4 is 59.0 Å². The van der Waals surface area contributed by atoms with Crippen LogP contribution in [-0.4, -0.2) is 106 Å². The van der Waals surface area contributed by atoms with Crippen LogP contribution in [0, 0.1) is 11.8 Å². The third-order valence-corrected chi connectivity index (χ3v) is 9.66. The molecule has 1 aromatic carbocycles. The number of nitrogens with one attached hydrogen (secondary N) is 5. The van der Waals surface area contributed by atoms with Crippen LogP contribution >= 0.6 is 12.6 Å². The molecule has 0 spiro atoms. The van der Waals surface area contributed by atoms with Gasteiger partial charge in [0.05, 0.1) is 6.04 Å². The molecule has 6 atom stereocenters. The first kappa shape index (κ1) is 42.3. The molecule has 0 radical (unpaired) electrons.